The van der Waals surface area contributed by atoms with Crippen molar-refractivity contribution in [1.29, 1.82) is 0 Å². The predicted molar refractivity (Wildman–Crippen MR) is 252 cm³/mol. The van der Waals surface area contributed by atoms with Crippen LogP contribution in [-0.2, 0) is 33.6 Å². The lowest BCUT2D eigenvalue weighted by molar-refractivity contribution is -0.197. The lowest BCUT2D eigenvalue weighted by atomic mass is 10.0. The largest absolute Gasteiger partial charge is 0.481 e. The number of imide groups is 1. The highest BCUT2D eigenvalue weighted by atomic mass is 32.2. The zero-order chi connectivity index (χ0) is 48.1. The highest BCUT2D eigenvalue weighted by Gasteiger charge is 2.44. The van der Waals surface area contributed by atoms with E-state index >= 15 is 0 Å². The molecule has 8 N–H and O–H groups in total. The number of Topliss-reactive ketones (excluding diaryl/α,β-unsaturated/α-hetero) is 1. The Morgan fingerprint density at radius 2 is 1.07 bits per heavy atom. The first-order valence-electron chi connectivity index (χ1n) is 23.4. The van der Waals surface area contributed by atoms with Gasteiger partial charge in [0.05, 0.1) is 36.3 Å². The molecule has 0 spiro atoms. The van der Waals surface area contributed by atoms with Crippen molar-refractivity contribution in [2.75, 3.05) is 30.3 Å². The SMILES string of the molecule is O=C(O)CCCCC1SCC2NC(=O)NC21.O=C1NC2CSC(CCCCC(=O)ON3C(=O)CCC3=O)C2N1.[N-]=[N+]=NCCCCC(=O)CCCNC(=O)CCCCC1SCC2NC(=O)NC21. The monoisotopic (exact) mass is 995 g/mol. The number of carboxylic acid groups (broad SMARTS) is 1. The zero-order valence-corrected chi connectivity index (χ0v) is 40.2. The van der Waals surface area contributed by atoms with E-state index in [1.807, 2.05) is 35.3 Å². The molecule has 22 nitrogen and oxygen atoms in total. The summed E-state index contributed by atoms with van der Waals surface area (Å²) in [6.45, 7) is 0.968. The topological polar surface area (TPSA) is 319 Å². The van der Waals surface area contributed by atoms with Crippen molar-refractivity contribution in [2.24, 2.45) is 5.11 Å². The first-order chi connectivity index (χ1) is 32.3. The Hall–Kier alpha value is -4.61. The number of carbonyl (C=O) groups excluding carboxylic acids is 8. The van der Waals surface area contributed by atoms with Crippen LogP contribution in [0, 0.1) is 0 Å². The van der Waals surface area contributed by atoms with Crippen LogP contribution in [0.2, 0.25) is 0 Å². The number of hydroxylamine groups is 2. The fourth-order valence-corrected chi connectivity index (χ4v) is 13.5. The second-order valence-electron chi connectivity index (χ2n) is 17.4. The van der Waals surface area contributed by atoms with Crippen LogP contribution in [0.15, 0.2) is 5.11 Å². The average Bonchev–Trinajstić information content (AvgIpc) is 4.17. The molecule has 7 fully saturated rings. The van der Waals surface area contributed by atoms with E-state index < -0.39 is 23.8 Å². The summed E-state index contributed by atoms with van der Waals surface area (Å²) < 4.78 is 0. The van der Waals surface area contributed by atoms with Gasteiger partial charge in [0.1, 0.15) is 5.78 Å². The number of nitrogens with one attached hydrogen (secondary N) is 7. The maximum atomic E-state index is 11.9. The minimum Gasteiger partial charge on any atom is -0.481 e. The van der Waals surface area contributed by atoms with Crippen molar-refractivity contribution in [1.82, 2.24) is 42.3 Å². The van der Waals surface area contributed by atoms with Gasteiger partial charge in [-0.3, -0.25) is 24.0 Å². The van der Waals surface area contributed by atoms with Crippen LogP contribution in [0.5, 0.6) is 0 Å². The molecule has 372 valence electrons. The van der Waals surface area contributed by atoms with E-state index in [0.717, 1.165) is 81.5 Å². The Balaban J connectivity index is 0.000000195. The number of fused-ring (bicyclic) bond motifs is 3. The first kappa shape index (κ1) is 53.3. The number of azide groups is 1. The van der Waals surface area contributed by atoms with E-state index in [1.54, 1.807) is 0 Å². The van der Waals surface area contributed by atoms with Gasteiger partial charge in [-0.25, -0.2) is 19.2 Å². The standard InChI is InChI=1S/C18H30N6O3S.C14H19N3O5S.C10H16N2O3S/c19-24-21-11-4-3-6-13(25)7-5-10-20-16(26)9-2-1-8-15-17-14(12-28-15)22-18(27)23-17;18-10-5-6-11(19)17(10)22-12(20)4-2-1-3-9-13-8(7-23-9)15-14(21)16-13;13-8(14)4-2-1-3-7-9-6(5-16-7)11-10(15)12-9/h14-15,17H,1-12H2,(H,20,26)(H2,22,23,27);8-9,13H,1-7H2,(H2,15,16,21);6-7,9H,1-5H2,(H,13,14)(H2,11,12,15). The van der Waals surface area contributed by atoms with Crippen LogP contribution in [0.1, 0.15) is 122 Å². The summed E-state index contributed by atoms with van der Waals surface area (Å²) in [5, 5.41) is 34.2. The highest BCUT2D eigenvalue weighted by Crippen LogP contribution is 2.35. The molecule has 0 bridgehead atoms. The second kappa shape index (κ2) is 28.0. The number of nitrogens with zero attached hydrogens (tertiary/aromatic N) is 4. The third-order valence-corrected chi connectivity index (χ3v) is 16.9. The number of carbonyl (C=O) groups is 9. The smallest absolute Gasteiger partial charge is 0.333 e. The maximum Gasteiger partial charge on any atom is 0.333 e. The number of unbranched alkanes of at least 4 members (excludes halogenated alkanes) is 4. The number of aliphatic carboxylic acids is 1. The molecule has 7 aliphatic rings. The summed E-state index contributed by atoms with van der Waals surface area (Å²) >= 11 is 5.60. The molecule has 7 rings (SSSR count). The van der Waals surface area contributed by atoms with Gasteiger partial charge in [0.2, 0.25) is 5.91 Å². The molecule has 7 heterocycles. The molecule has 0 aromatic rings. The fourth-order valence-electron chi connectivity index (χ4n) is 8.88. The third kappa shape index (κ3) is 17.8. The number of rotatable bonds is 25. The maximum absolute atomic E-state index is 11.9. The molecule has 7 saturated heterocycles. The second-order valence-corrected chi connectivity index (χ2v) is 21.3. The Morgan fingerprint density at radius 1 is 0.627 bits per heavy atom. The van der Waals surface area contributed by atoms with E-state index in [2.05, 4.69) is 47.2 Å². The number of carboxylic acids is 1. The molecule has 0 aliphatic carbocycles. The van der Waals surface area contributed by atoms with E-state index in [0.29, 0.717) is 66.0 Å². The molecular formula is C42H65N11O11S3. The van der Waals surface area contributed by atoms with Crippen LogP contribution < -0.4 is 37.2 Å². The van der Waals surface area contributed by atoms with Crippen LogP contribution in [0.25, 0.3) is 10.4 Å². The molecule has 0 radical (unpaired) electrons. The third-order valence-electron chi connectivity index (χ3n) is 12.4. The predicted octanol–water partition coefficient (Wildman–Crippen LogP) is 3.77. The van der Waals surface area contributed by atoms with Gasteiger partial charge in [-0.05, 0) is 63.3 Å². The molecule has 7 aliphatic heterocycles. The number of thioether (sulfide) groups is 3. The van der Waals surface area contributed by atoms with Crippen LogP contribution in [0.4, 0.5) is 14.4 Å². The summed E-state index contributed by atoms with van der Waals surface area (Å²) in [5.41, 5.74) is 8.16. The average molecular weight is 996 g/mol. The van der Waals surface area contributed by atoms with Crippen LogP contribution in [0.3, 0.4) is 0 Å². The van der Waals surface area contributed by atoms with Gasteiger partial charge < -0.3 is 47.2 Å². The minimum absolute atomic E-state index is 0.0367. The number of ketones is 1. The summed E-state index contributed by atoms with van der Waals surface area (Å²) in [6, 6.07) is 1.12. The van der Waals surface area contributed by atoms with Gasteiger partial charge in [0, 0.05) is 96.0 Å². The number of urea groups is 3. The summed E-state index contributed by atoms with van der Waals surface area (Å²) in [4.78, 5) is 110. The van der Waals surface area contributed by atoms with Crippen molar-refractivity contribution in [3.8, 4) is 0 Å². The molecule has 0 aromatic carbocycles. The van der Waals surface area contributed by atoms with Crippen LogP contribution >= 0.6 is 35.3 Å². The van der Waals surface area contributed by atoms with E-state index in [4.69, 9.17) is 15.5 Å². The Kier molecular flexibility index (Phi) is 22.3. The summed E-state index contributed by atoms with van der Waals surface area (Å²) in [5.74, 6) is 0.867. The van der Waals surface area contributed by atoms with Gasteiger partial charge in [0.15, 0.2) is 0 Å². The van der Waals surface area contributed by atoms with E-state index in [-0.39, 0.29) is 91.7 Å². The van der Waals surface area contributed by atoms with Gasteiger partial charge in [0.25, 0.3) is 11.8 Å². The van der Waals surface area contributed by atoms with Crippen molar-refractivity contribution in [3.05, 3.63) is 10.4 Å². The molecule has 25 heteroatoms. The Labute approximate surface area is 402 Å². The van der Waals surface area contributed by atoms with Gasteiger partial charge in [-0.2, -0.15) is 35.3 Å². The van der Waals surface area contributed by atoms with Gasteiger partial charge in [-0.15, -0.1) is 5.06 Å². The number of hydrogen-bond acceptors (Lipinski definition) is 14. The quantitative estimate of drug-likeness (QED) is 0.0161. The van der Waals surface area contributed by atoms with Crippen molar-refractivity contribution in [3.63, 3.8) is 0 Å². The Bertz CT molecular complexity index is 1810. The molecule has 9 amide bonds. The Morgan fingerprint density at radius 3 is 1.55 bits per heavy atom. The van der Waals surface area contributed by atoms with E-state index in [1.165, 1.54) is 0 Å². The van der Waals surface area contributed by atoms with Gasteiger partial charge in [-0.1, -0.05) is 24.4 Å². The molecule has 0 saturated carbocycles. The lowest BCUT2D eigenvalue weighted by Gasteiger charge is -2.16. The lowest BCUT2D eigenvalue weighted by Crippen LogP contribution is -2.36. The number of amides is 9. The van der Waals surface area contributed by atoms with Crippen LogP contribution in [-0.4, -0.2) is 146 Å². The van der Waals surface area contributed by atoms with Crippen molar-refractivity contribution >= 4 is 88.8 Å². The molecule has 0 aromatic heterocycles. The molecule has 9 atom stereocenters. The fraction of sp³-hybridized carbons (Fsp3) is 0.786. The highest BCUT2D eigenvalue weighted by molar-refractivity contribution is 8.00. The first-order valence-corrected chi connectivity index (χ1v) is 26.6. The van der Waals surface area contributed by atoms with Crippen molar-refractivity contribution < 1.29 is 53.1 Å². The summed E-state index contributed by atoms with van der Waals surface area (Å²) in [7, 11) is 0. The van der Waals surface area contributed by atoms with E-state index in [9.17, 15) is 43.2 Å². The van der Waals surface area contributed by atoms with Gasteiger partial charge >= 0.3 is 30.0 Å². The molecular weight excluding hydrogens is 931 g/mol. The molecule has 9 unspecified atom stereocenters. The minimum atomic E-state index is -0.729. The van der Waals surface area contributed by atoms with Crippen molar-refractivity contribution in [2.45, 2.75) is 174 Å². The zero-order valence-electron chi connectivity index (χ0n) is 37.7. The summed E-state index contributed by atoms with van der Waals surface area (Å²) in [6.07, 6.45) is 12.1. The molecule has 67 heavy (non-hydrogen) atoms. The number of hydrogen-bond donors (Lipinski definition) is 8. The normalized spacial score (nSPS) is 27.3.